The molecule has 1 aromatic heterocycles. The molecule has 0 unspecified atom stereocenters. The summed E-state index contributed by atoms with van der Waals surface area (Å²) in [7, 11) is 0. The molecule has 0 radical (unpaired) electrons. The summed E-state index contributed by atoms with van der Waals surface area (Å²) >= 11 is 0. The van der Waals surface area contributed by atoms with Gasteiger partial charge in [-0.2, -0.15) is 0 Å². The Morgan fingerprint density at radius 1 is 1.05 bits per heavy atom. The number of nitro benzene ring substituents is 1. The molecule has 2 aromatic carbocycles. The molecule has 0 saturated heterocycles. The molecule has 104 valence electrons. The highest BCUT2D eigenvalue weighted by atomic mass is 16.6. The number of fused-ring (bicyclic) bond motifs is 1. The molecule has 0 fully saturated rings. The van der Waals surface area contributed by atoms with Crippen molar-refractivity contribution in [2.75, 3.05) is 0 Å². The standard InChI is InChI=1S/C15H9NO5/c17-12-4-1-9(2-5-12)13-8-10-7-11(16(19)20)3-6-14(10)21-15(13)18/h1-8,17H. The SMILES string of the molecule is O=c1oc2ccc([N+](=O)[O-])cc2cc1-c1ccc(O)cc1. The van der Waals surface area contributed by atoms with E-state index in [0.29, 0.717) is 10.9 Å². The van der Waals surface area contributed by atoms with Crippen LogP contribution in [0.2, 0.25) is 0 Å². The lowest BCUT2D eigenvalue weighted by molar-refractivity contribution is -0.384. The van der Waals surface area contributed by atoms with Crippen molar-refractivity contribution in [2.24, 2.45) is 0 Å². The van der Waals surface area contributed by atoms with Crippen LogP contribution < -0.4 is 5.63 Å². The van der Waals surface area contributed by atoms with E-state index in [2.05, 4.69) is 0 Å². The number of phenols is 1. The fraction of sp³-hybridized carbons (Fsp3) is 0. The Bertz CT molecular complexity index is 896. The average Bonchev–Trinajstić information content (AvgIpc) is 2.47. The molecule has 0 spiro atoms. The first-order valence-corrected chi connectivity index (χ1v) is 6.06. The summed E-state index contributed by atoms with van der Waals surface area (Å²) in [5, 5.41) is 20.5. The molecule has 3 rings (SSSR count). The average molecular weight is 283 g/mol. The third-order valence-electron chi connectivity index (χ3n) is 3.10. The molecule has 1 heterocycles. The van der Waals surface area contributed by atoms with Crippen LogP contribution in [0, 0.1) is 10.1 Å². The zero-order chi connectivity index (χ0) is 15.0. The molecule has 6 nitrogen and oxygen atoms in total. The first-order valence-electron chi connectivity index (χ1n) is 6.06. The lowest BCUT2D eigenvalue weighted by Crippen LogP contribution is -2.02. The summed E-state index contributed by atoms with van der Waals surface area (Å²) in [6.07, 6.45) is 0. The second-order valence-corrected chi connectivity index (χ2v) is 4.47. The minimum Gasteiger partial charge on any atom is -0.508 e. The molecule has 0 saturated carbocycles. The van der Waals surface area contributed by atoms with Crippen LogP contribution in [0.1, 0.15) is 0 Å². The van der Waals surface area contributed by atoms with E-state index in [-0.39, 0.29) is 22.6 Å². The summed E-state index contributed by atoms with van der Waals surface area (Å²) in [4.78, 5) is 22.3. The van der Waals surface area contributed by atoms with Crippen molar-refractivity contribution in [3.63, 3.8) is 0 Å². The molecule has 0 atom stereocenters. The van der Waals surface area contributed by atoms with Crippen LogP contribution in [-0.2, 0) is 0 Å². The Hall–Kier alpha value is -3.15. The van der Waals surface area contributed by atoms with Gasteiger partial charge in [0.05, 0.1) is 10.5 Å². The molecule has 0 aliphatic heterocycles. The van der Waals surface area contributed by atoms with Gasteiger partial charge in [-0.25, -0.2) is 4.79 Å². The topological polar surface area (TPSA) is 93.6 Å². The van der Waals surface area contributed by atoms with Crippen LogP contribution in [0.15, 0.2) is 57.7 Å². The summed E-state index contributed by atoms with van der Waals surface area (Å²) < 4.78 is 5.17. The Morgan fingerprint density at radius 3 is 2.43 bits per heavy atom. The van der Waals surface area contributed by atoms with Crippen LogP contribution in [0.4, 0.5) is 5.69 Å². The van der Waals surface area contributed by atoms with Crippen LogP contribution in [0.3, 0.4) is 0 Å². The molecule has 3 aromatic rings. The number of aromatic hydroxyl groups is 1. The summed E-state index contributed by atoms with van der Waals surface area (Å²) in [6, 6.07) is 11.6. The van der Waals surface area contributed by atoms with Gasteiger partial charge in [0, 0.05) is 17.5 Å². The van der Waals surface area contributed by atoms with Gasteiger partial charge in [0.15, 0.2) is 0 Å². The van der Waals surface area contributed by atoms with Crippen molar-refractivity contribution < 1.29 is 14.4 Å². The van der Waals surface area contributed by atoms with Gasteiger partial charge in [-0.1, -0.05) is 12.1 Å². The highest BCUT2D eigenvalue weighted by Gasteiger charge is 2.11. The normalized spacial score (nSPS) is 10.7. The van der Waals surface area contributed by atoms with E-state index >= 15 is 0 Å². The van der Waals surface area contributed by atoms with E-state index in [1.807, 2.05) is 0 Å². The third kappa shape index (κ3) is 2.34. The monoisotopic (exact) mass is 283 g/mol. The number of phenolic OH excluding ortho intramolecular Hbond substituents is 1. The number of hydrogen-bond acceptors (Lipinski definition) is 5. The van der Waals surface area contributed by atoms with Gasteiger partial charge in [0.1, 0.15) is 11.3 Å². The largest absolute Gasteiger partial charge is 0.508 e. The van der Waals surface area contributed by atoms with Gasteiger partial charge in [0.2, 0.25) is 0 Å². The van der Waals surface area contributed by atoms with Crippen molar-refractivity contribution in [3.05, 3.63) is 69.1 Å². The molecule has 0 amide bonds. The van der Waals surface area contributed by atoms with E-state index in [1.54, 1.807) is 18.2 Å². The van der Waals surface area contributed by atoms with Crippen molar-refractivity contribution in [2.45, 2.75) is 0 Å². The first-order chi connectivity index (χ1) is 10.0. The summed E-state index contributed by atoms with van der Waals surface area (Å²) in [6.45, 7) is 0. The predicted molar refractivity (Wildman–Crippen MR) is 76.2 cm³/mol. The number of benzene rings is 2. The second-order valence-electron chi connectivity index (χ2n) is 4.47. The Kier molecular flexibility index (Phi) is 2.91. The van der Waals surface area contributed by atoms with E-state index in [1.165, 1.54) is 30.3 Å². The van der Waals surface area contributed by atoms with Crippen molar-refractivity contribution in [1.82, 2.24) is 0 Å². The Labute approximate surface area is 118 Å². The Morgan fingerprint density at radius 2 is 1.76 bits per heavy atom. The van der Waals surface area contributed by atoms with Gasteiger partial charge in [-0.05, 0) is 29.8 Å². The predicted octanol–water partition coefficient (Wildman–Crippen LogP) is 3.07. The summed E-state index contributed by atoms with van der Waals surface area (Å²) in [5.41, 5.74) is 0.515. The first kappa shape index (κ1) is 12.9. The van der Waals surface area contributed by atoms with E-state index < -0.39 is 10.5 Å². The van der Waals surface area contributed by atoms with Crippen LogP contribution in [0.25, 0.3) is 22.1 Å². The quantitative estimate of drug-likeness (QED) is 0.443. The smallest absolute Gasteiger partial charge is 0.344 e. The van der Waals surface area contributed by atoms with E-state index in [9.17, 15) is 20.0 Å². The molecule has 0 aliphatic carbocycles. The van der Waals surface area contributed by atoms with Crippen molar-refractivity contribution in [1.29, 1.82) is 0 Å². The van der Waals surface area contributed by atoms with E-state index in [4.69, 9.17) is 4.42 Å². The molecule has 0 aliphatic rings. The number of non-ortho nitro benzene ring substituents is 1. The fourth-order valence-corrected chi connectivity index (χ4v) is 2.07. The van der Waals surface area contributed by atoms with Crippen molar-refractivity contribution >= 4 is 16.7 Å². The lowest BCUT2D eigenvalue weighted by Gasteiger charge is -2.03. The molecule has 1 N–H and O–H groups in total. The Balaban J connectivity index is 2.23. The summed E-state index contributed by atoms with van der Waals surface area (Å²) in [5.74, 6) is 0.0829. The molecular weight excluding hydrogens is 274 g/mol. The van der Waals surface area contributed by atoms with Gasteiger partial charge in [0.25, 0.3) is 5.69 Å². The van der Waals surface area contributed by atoms with Gasteiger partial charge in [-0.15, -0.1) is 0 Å². The third-order valence-corrected chi connectivity index (χ3v) is 3.10. The zero-order valence-corrected chi connectivity index (χ0v) is 10.6. The zero-order valence-electron chi connectivity index (χ0n) is 10.6. The molecule has 6 heteroatoms. The maximum atomic E-state index is 12.0. The van der Waals surface area contributed by atoms with Gasteiger partial charge < -0.3 is 9.52 Å². The highest BCUT2D eigenvalue weighted by Crippen LogP contribution is 2.25. The van der Waals surface area contributed by atoms with Crippen LogP contribution in [-0.4, -0.2) is 10.0 Å². The molecule has 0 bridgehead atoms. The maximum Gasteiger partial charge on any atom is 0.344 e. The minimum atomic E-state index is -0.540. The van der Waals surface area contributed by atoms with Gasteiger partial charge in [-0.3, -0.25) is 10.1 Å². The molecule has 21 heavy (non-hydrogen) atoms. The number of nitro groups is 1. The van der Waals surface area contributed by atoms with Gasteiger partial charge >= 0.3 is 5.63 Å². The number of hydrogen-bond donors (Lipinski definition) is 1. The maximum absolute atomic E-state index is 12.0. The van der Waals surface area contributed by atoms with Crippen LogP contribution in [0.5, 0.6) is 5.75 Å². The second kappa shape index (κ2) is 4.75. The number of nitrogens with zero attached hydrogens (tertiary/aromatic N) is 1. The van der Waals surface area contributed by atoms with Crippen LogP contribution >= 0.6 is 0 Å². The molecular formula is C15H9NO5. The van der Waals surface area contributed by atoms with Crippen molar-refractivity contribution in [3.8, 4) is 16.9 Å². The number of rotatable bonds is 2. The fourth-order valence-electron chi connectivity index (χ4n) is 2.07. The highest BCUT2D eigenvalue weighted by molar-refractivity contribution is 5.83. The minimum absolute atomic E-state index is 0.0759. The van der Waals surface area contributed by atoms with E-state index in [0.717, 1.165) is 0 Å². The lowest BCUT2D eigenvalue weighted by atomic mass is 10.1.